The molecule has 0 bridgehead atoms. The van der Waals surface area contributed by atoms with Crippen molar-refractivity contribution in [1.82, 2.24) is 4.98 Å². The summed E-state index contributed by atoms with van der Waals surface area (Å²) in [5.41, 5.74) is 4.05. The van der Waals surface area contributed by atoms with E-state index < -0.39 is 5.97 Å². The van der Waals surface area contributed by atoms with Crippen molar-refractivity contribution in [2.45, 2.75) is 0 Å². The fourth-order valence-electron chi connectivity index (χ4n) is 1.99. The van der Waals surface area contributed by atoms with E-state index in [0.29, 0.717) is 5.56 Å². The molecule has 0 aliphatic heterocycles. The van der Waals surface area contributed by atoms with E-state index in [-0.39, 0.29) is 0 Å². The minimum absolute atomic E-state index is 0.304. The predicted octanol–water partition coefficient (Wildman–Crippen LogP) is 3.66. The SMILES string of the molecule is O=C(O)c1ccc2c(-c3cscn3)cccc2c1. The first kappa shape index (κ1) is 10.9. The first-order valence-electron chi connectivity index (χ1n) is 5.40. The maximum Gasteiger partial charge on any atom is 0.335 e. The summed E-state index contributed by atoms with van der Waals surface area (Å²) in [7, 11) is 0. The Hall–Kier alpha value is -2.20. The van der Waals surface area contributed by atoms with Crippen molar-refractivity contribution < 1.29 is 9.90 Å². The molecule has 1 N–H and O–H groups in total. The number of hydrogen-bond acceptors (Lipinski definition) is 3. The van der Waals surface area contributed by atoms with Crippen LogP contribution in [0.5, 0.6) is 0 Å². The largest absolute Gasteiger partial charge is 0.478 e. The van der Waals surface area contributed by atoms with Gasteiger partial charge in [0.25, 0.3) is 0 Å². The van der Waals surface area contributed by atoms with Crippen LogP contribution in [-0.4, -0.2) is 16.1 Å². The van der Waals surface area contributed by atoms with Gasteiger partial charge in [0.15, 0.2) is 0 Å². The van der Waals surface area contributed by atoms with E-state index in [9.17, 15) is 4.79 Å². The number of carboxylic acids is 1. The summed E-state index contributed by atoms with van der Waals surface area (Å²) in [6.07, 6.45) is 0. The second kappa shape index (κ2) is 4.23. The summed E-state index contributed by atoms with van der Waals surface area (Å²) in [6, 6.07) is 11.0. The average Bonchev–Trinajstić information content (AvgIpc) is 2.91. The Morgan fingerprint density at radius 2 is 2.11 bits per heavy atom. The molecule has 4 heteroatoms. The highest BCUT2D eigenvalue weighted by molar-refractivity contribution is 7.07. The number of aromatic nitrogens is 1. The van der Waals surface area contributed by atoms with Crippen LogP contribution in [0, 0.1) is 0 Å². The smallest absolute Gasteiger partial charge is 0.335 e. The van der Waals surface area contributed by atoms with Crippen molar-refractivity contribution in [2.24, 2.45) is 0 Å². The summed E-state index contributed by atoms with van der Waals surface area (Å²) in [5, 5.41) is 12.9. The average molecular weight is 255 g/mol. The Morgan fingerprint density at radius 3 is 2.83 bits per heavy atom. The molecular weight excluding hydrogens is 246 g/mol. The second-order valence-electron chi connectivity index (χ2n) is 3.92. The van der Waals surface area contributed by atoms with Gasteiger partial charge in [-0.1, -0.05) is 24.3 Å². The van der Waals surface area contributed by atoms with Crippen LogP contribution in [0.2, 0.25) is 0 Å². The van der Waals surface area contributed by atoms with Crippen LogP contribution < -0.4 is 0 Å². The molecule has 1 heterocycles. The summed E-state index contributed by atoms with van der Waals surface area (Å²) < 4.78 is 0. The van der Waals surface area contributed by atoms with Gasteiger partial charge in [0.2, 0.25) is 0 Å². The number of carbonyl (C=O) groups is 1. The zero-order chi connectivity index (χ0) is 12.5. The lowest BCUT2D eigenvalue weighted by atomic mass is 10.0. The standard InChI is InChI=1S/C14H9NO2S/c16-14(17)10-4-5-11-9(6-10)2-1-3-12(11)13-7-18-8-15-13/h1-8H,(H,16,17). The topological polar surface area (TPSA) is 50.2 Å². The molecule has 3 rings (SSSR count). The Balaban J connectivity index is 2.26. The van der Waals surface area contributed by atoms with Gasteiger partial charge in [-0.2, -0.15) is 0 Å². The van der Waals surface area contributed by atoms with Crippen molar-refractivity contribution in [1.29, 1.82) is 0 Å². The number of rotatable bonds is 2. The molecule has 0 aliphatic rings. The monoisotopic (exact) mass is 255 g/mol. The first-order valence-corrected chi connectivity index (χ1v) is 6.34. The minimum atomic E-state index is -0.907. The zero-order valence-electron chi connectivity index (χ0n) is 9.33. The molecule has 2 aromatic carbocycles. The molecular formula is C14H9NO2S. The number of benzene rings is 2. The molecule has 0 saturated heterocycles. The normalized spacial score (nSPS) is 10.7. The summed E-state index contributed by atoms with van der Waals surface area (Å²) in [4.78, 5) is 15.2. The number of hydrogen-bond donors (Lipinski definition) is 1. The second-order valence-corrected chi connectivity index (χ2v) is 4.64. The van der Waals surface area contributed by atoms with Crippen LogP contribution in [0.4, 0.5) is 0 Å². The molecule has 3 nitrogen and oxygen atoms in total. The number of nitrogens with zero attached hydrogens (tertiary/aromatic N) is 1. The van der Waals surface area contributed by atoms with Gasteiger partial charge in [-0.15, -0.1) is 11.3 Å². The minimum Gasteiger partial charge on any atom is -0.478 e. The highest BCUT2D eigenvalue weighted by Crippen LogP contribution is 2.28. The highest BCUT2D eigenvalue weighted by Gasteiger charge is 2.08. The lowest BCUT2D eigenvalue weighted by Gasteiger charge is -2.05. The first-order chi connectivity index (χ1) is 8.75. The summed E-state index contributed by atoms with van der Waals surface area (Å²) in [6.45, 7) is 0. The molecule has 0 aliphatic carbocycles. The molecule has 3 aromatic rings. The van der Waals surface area contributed by atoms with E-state index in [0.717, 1.165) is 22.0 Å². The van der Waals surface area contributed by atoms with Gasteiger partial charge in [0, 0.05) is 10.9 Å². The van der Waals surface area contributed by atoms with Crippen molar-refractivity contribution in [2.75, 3.05) is 0 Å². The Bertz CT molecular complexity index is 720. The molecule has 88 valence electrons. The number of fused-ring (bicyclic) bond motifs is 1. The predicted molar refractivity (Wildman–Crippen MR) is 72.0 cm³/mol. The van der Waals surface area contributed by atoms with Gasteiger partial charge in [0.1, 0.15) is 0 Å². The summed E-state index contributed by atoms with van der Waals surface area (Å²) >= 11 is 1.55. The molecule has 0 saturated carbocycles. The van der Waals surface area contributed by atoms with Crippen LogP contribution in [0.3, 0.4) is 0 Å². The van der Waals surface area contributed by atoms with Gasteiger partial charge < -0.3 is 5.11 Å². The van der Waals surface area contributed by atoms with Crippen LogP contribution in [-0.2, 0) is 0 Å². The van der Waals surface area contributed by atoms with E-state index in [4.69, 9.17) is 5.11 Å². The third-order valence-corrected chi connectivity index (χ3v) is 3.42. The molecule has 0 radical (unpaired) electrons. The van der Waals surface area contributed by atoms with E-state index in [1.807, 2.05) is 29.6 Å². The van der Waals surface area contributed by atoms with E-state index >= 15 is 0 Å². The number of aromatic carboxylic acids is 1. The zero-order valence-corrected chi connectivity index (χ0v) is 10.1. The van der Waals surface area contributed by atoms with Crippen molar-refractivity contribution in [3.63, 3.8) is 0 Å². The van der Waals surface area contributed by atoms with Crippen LogP contribution in [0.25, 0.3) is 22.0 Å². The van der Waals surface area contributed by atoms with Gasteiger partial charge >= 0.3 is 5.97 Å². The van der Waals surface area contributed by atoms with Gasteiger partial charge in [-0.25, -0.2) is 9.78 Å². The Morgan fingerprint density at radius 1 is 1.22 bits per heavy atom. The highest BCUT2D eigenvalue weighted by atomic mass is 32.1. The Labute approximate surface area is 107 Å². The van der Waals surface area contributed by atoms with Crippen molar-refractivity contribution in [3.8, 4) is 11.3 Å². The van der Waals surface area contributed by atoms with E-state index in [1.165, 1.54) is 0 Å². The fourth-order valence-corrected chi connectivity index (χ4v) is 2.54. The van der Waals surface area contributed by atoms with E-state index in [2.05, 4.69) is 4.98 Å². The quantitative estimate of drug-likeness (QED) is 0.760. The fraction of sp³-hybridized carbons (Fsp3) is 0. The third kappa shape index (κ3) is 1.76. The maximum absolute atomic E-state index is 10.9. The third-order valence-electron chi connectivity index (χ3n) is 2.84. The molecule has 0 atom stereocenters. The molecule has 0 spiro atoms. The lowest BCUT2D eigenvalue weighted by Crippen LogP contribution is -1.95. The van der Waals surface area contributed by atoms with Crippen molar-refractivity contribution in [3.05, 3.63) is 52.9 Å². The van der Waals surface area contributed by atoms with Gasteiger partial charge in [-0.3, -0.25) is 0 Å². The molecule has 0 fully saturated rings. The maximum atomic E-state index is 10.9. The van der Waals surface area contributed by atoms with Crippen LogP contribution in [0.1, 0.15) is 10.4 Å². The molecule has 18 heavy (non-hydrogen) atoms. The van der Waals surface area contributed by atoms with Crippen LogP contribution >= 0.6 is 11.3 Å². The Kier molecular flexibility index (Phi) is 2.57. The molecule has 1 aromatic heterocycles. The van der Waals surface area contributed by atoms with Gasteiger partial charge in [0.05, 0.1) is 16.8 Å². The molecule has 0 amide bonds. The number of carboxylic acid groups (broad SMARTS) is 1. The lowest BCUT2D eigenvalue weighted by molar-refractivity contribution is 0.0697. The number of thiazole rings is 1. The molecule has 0 unspecified atom stereocenters. The van der Waals surface area contributed by atoms with E-state index in [1.54, 1.807) is 29.0 Å². The van der Waals surface area contributed by atoms with Crippen molar-refractivity contribution >= 4 is 28.1 Å². The van der Waals surface area contributed by atoms with Gasteiger partial charge in [-0.05, 0) is 22.9 Å². The van der Waals surface area contributed by atoms with Crippen LogP contribution in [0.15, 0.2) is 47.3 Å². The summed E-state index contributed by atoms with van der Waals surface area (Å²) in [5.74, 6) is -0.907.